The van der Waals surface area contributed by atoms with Gasteiger partial charge in [-0.05, 0) is 57.9 Å². The Hall–Kier alpha value is -3.14. The number of anilines is 1. The molecule has 7 nitrogen and oxygen atoms in total. The molecule has 0 saturated heterocycles. The first kappa shape index (κ1) is 26.5. The van der Waals surface area contributed by atoms with Crippen LogP contribution in [0, 0.1) is 5.82 Å². The normalized spacial score (nSPS) is 10.8. The minimum Gasteiger partial charge on any atom is -0.493 e. The number of hydrogen-bond acceptors (Lipinski definition) is 5. The highest BCUT2D eigenvalue weighted by atomic mass is 79.9. The van der Waals surface area contributed by atoms with Crippen LogP contribution in [0.3, 0.4) is 0 Å². The van der Waals surface area contributed by atoms with Crippen LogP contribution in [0.25, 0.3) is 0 Å². The molecule has 0 radical (unpaired) electrons. The Morgan fingerprint density at radius 2 is 1.89 bits per heavy atom. The summed E-state index contributed by atoms with van der Waals surface area (Å²) in [6.45, 7) is 0.184. The second-order valence-electron chi connectivity index (χ2n) is 7.06. The van der Waals surface area contributed by atoms with Crippen molar-refractivity contribution in [1.29, 1.82) is 0 Å². The third kappa shape index (κ3) is 7.68. The summed E-state index contributed by atoms with van der Waals surface area (Å²) in [6, 6.07) is 14.1. The number of methoxy groups -OCH3 is 1. The van der Waals surface area contributed by atoms with Crippen molar-refractivity contribution in [3.63, 3.8) is 0 Å². The molecule has 3 aromatic rings. The van der Waals surface area contributed by atoms with Gasteiger partial charge in [0.15, 0.2) is 11.5 Å². The Labute approximate surface area is 219 Å². The minimum absolute atomic E-state index is 0.00797. The summed E-state index contributed by atoms with van der Waals surface area (Å²) in [5, 5.41) is 7.19. The van der Waals surface area contributed by atoms with Crippen LogP contribution < -0.4 is 20.2 Å². The van der Waals surface area contributed by atoms with Crippen LogP contribution in [0.4, 0.5) is 10.1 Å². The number of halogens is 4. The number of carbonyl (C=O) groups excluding carboxylic acids is 2. The summed E-state index contributed by atoms with van der Waals surface area (Å²) in [5.74, 6) is -1.07. The van der Waals surface area contributed by atoms with Gasteiger partial charge in [-0.3, -0.25) is 9.59 Å². The fourth-order valence-corrected chi connectivity index (χ4v) is 3.90. The number of amides is 2. The molecule has 0 fully saturated rings. The van der Waals surface area contributed by atoms with E-state index in [4.69, 9.17) is 32.7 Å². The molecule has 0 aromatic heterocycles. The lowest BCUT2D eigenvalue weighted by Crippen LogP contribution is -2.24. The molecule has 0 bridgehead atoms. The topological polar surface area (TPSA) is 89.0 Å². The van der Waals surface area contributed by atoms with Gasteiger partial charge >= 0.3 is 0 Å². The molecule has 0 aliphatic carbocycles. The van der Waals surface area contributed by atoms with Gasteiger partial charge < -0.3 is 14.8 Å². The van der Waals surface area contributed by atoms with Gasteiger partial charge in [0.25, 0.3) is 0 Å². The van der Waals surface area contributed by atoms with E-state index < -0.39 is 24.1 Å². The van der Waals surface area contributed by atoms with Gasteiger partial charge in [0.2, 0.25) is 11.8 Å². The van der Waals surface area contributed by atoms with E-state index in [1.807, 2.05) is 0 Å². The smallest absolute Gasteiger partial charge is 0.249 e. The standard InChI is InChI=1S/C24H19BrCl2FN3O4/c1-34-21-9-14(8-17(25)24(21)35-13-15-6-7-16(26)10-18(15)27)12-29-31-23(33)11-22(32)30-20-5-3-2-4-19(20)28/h2-10,12H,11,13H2,1H3,(H,30,32)(H,31,33). The van der Waals surface area contributed by atoms with Crippen LogP contribution in [0.15, 0.2) is 64.2 Å². The maximum atomic E-state index is 13.6. The van der Waals surface area contributed by atoms with E-state index in [1.165, 1.54) is 31.5 Å². The van der Waals surface area contributed by atoms with Crippen molar-refractivity contribution < 1.29 is 23.5 Å². The van der Waals surface area contributed by atoms with E-state index in [2.05, 4.69) is 31.8 Å². The maximum Gasteiger partial charge on any atom is 0.249 e. The van der Waals surface area contributed by atoms with E-state index in [0.29, 0.717) is 31.6 Å². The quantitative estimate of drug-likeness (QED) is 0.185. The van der Waals surface area contributed by atoms with Crippen molar-refractivity contribution in [1.82, 2.24) is 5.43 Å². The lowest BCUT2D eigenvalue weighted by atomic mass is 10.2. The number of benzene rings is 3. The molecule has 11 heteroatoms. The lowest BCUT2D eigenvalue weighted by molar-refractivity contribution is -0.126. The highest BCUT2D eigenvalue weighted by Crippen LogP contribution is 2.37. The molecule has 0 aliphatic heterocycles. The van der Waals surface area contributed by atoms with E-state index in [-0.39, 0.29) is 12.3 Å². The van der Waals surface area contributed by atoms with E-state index in [0.717, 1.165) is 5.56 Å². The number of ether oxygens (including phenoxy) is 2. The molecular formula is C24H19BrCl2FN3O4. The number of hydrazone groups is 1. The van der Waals surface area contributed by atoms with Crippen LogP contribution in [-0.4, -0.2) is 25.1 Å². The molecule has 0 heterocycles. The first-order valence-corrected chi connectivity index (χ1v) is 11.6. The van der Waals surface area contributed by atoms with Gasteiger partial charge in [-0.1, -0.05) is 41.4 Å². The van der Waals surface area contributed by atoms with Crippen LogP contribution in [0.1, 0.15) is 17.5 Å². The predicted octanol–water partition coefficient (Wildman–Crippen LogP) is 5.96. The van der Waals surface area contributed by atoms with Gasteiger partial charge in [0.1, 0.15) is 18.8 Å². The average Bonchev–Trinajstić information content (AvgIpc) is 2.80. The van der Waals surface area contributed by atoms with Crippen molar-refractivity contribution in [3.8, 4) is 11.5 Å². The molecule has 35 heavy (non-hydrogen) atoms. The fourth-order valence-electron chi connectivity index (χ4n) is 2.86. The lowest BCUT2D eigenvalue weighted by Gasteiger charge is -2.14. The molecular weight excluding hydrogens is 564 g/mol. The summed E-state index contributed by atoms with van der Waals surface area (Å²) in [7, 11) is 1.49. The van der Waals surface area contributed by atoms with Crippen LogP contribution in [-0.2, 0) is 16.2 Å². The molecule has 182 valence electrons. The van der Waals surface area contributed by atoms with Crippen LogP contribution in [0.5, 0.6) is 11.5 Å². The van der Waals surface area contributed by atoms with E-state index in [9.17, 15) is 14.0 Å². The summed E-state index contributed by atoms with van der Waals surface area (Å²) >= 11 is 15.6. The second kappa shape index (κ2) is 12.5. The summed E-state index contributed by atoms with van der Waals surface area (Å²) in [5.41, 5.74) is 3.58. The Morgan fingerprint density at radius 3 is 2.60 bits per heavy atom. The third-order valence-electron chi connectivity index (χ3n) is 4.51. The molecule has 0 atom stereocenters. The highest BCUT2D eigenvalue weighted by molar-refractivity contribution is 9.10. The zero-order valence-electron chi connectivity index (χ0n) is 18.3. The Kier molecular flexibility index (Phi) is 9.47. The van der Waals surface area contributed by atoms with Crippen molar-refractivity contribution >= 4 is 62.8 Å². The molecule has 0 spiro atoms. The Bertz CT molecular complexity index is 1270. The maximum absolute atomic E-state index is 13.6. The van der Waals surface area contributed by atoms with E-state index in [1.54, 1.807) is 36.4 Å². The number of nitrogens with one attached hydrogen (secondary N) is 2. The monoisotopic (exact) mass is 581 g/mol. The predicted molar refractivity (Wildman–Crippen MR) is 137 cm³/mol. The number of nitrogens with zero attached hydrogens (tertiary/aromatic N) is 1. The second-order valence-corrected chi connectivity index (χ2v) is 8.75. The first-order valence-electron chi connectivity index (χ1n) is 10.1. The van der Waals surface area contributed by atoms with Gasteiger partial charge in [0, 0.05) is 15.6 Å². The average molecular weight is 583 g/mol. The van der Waals surface area contributed by atoms with Crippen LogP contribution in [0.2, 0.25) is 10.0 Å². The molecule has 3 rings (SSSR count). The van der Waals surface area contributed by atoms with Gasteiger partial charge in [-0.25, -0.2) is 9.82 Å². The largest absolute Gasteiger partial charge is 0.493 e. The molecule has 3 aromatic carbocycles. The fraction of sp³-hybridized carbons (Fsp3) is 0.125. The summed E-state index contributed by atoms with van der Waals surface area (Å²) in [4.78, 5) is 23.9. The summed E-state index contributed by atoms with van der Waals surface area (Å²) < 4.78 is 25.5. The molecule has 2 N–H and O–H groups in total. The molecule has 0 unspecified atom stereocenters. The zero-order chi connectivity index (χ0) is 25.4. The van der Waals surface area contributed by atoms with E-state index >= 15 is 0 Å². The van der Waals surface area contributed by atoms with Crippen molar-refractivity contribution in [2.24, 2.45) is 5.10 Å². The molecule has 0 saturated carbocycles. The Balaban J connectivity index is 1.59. The number of rotatable bonds is 9. The third-order valence-corrected chi connectivity index (χ3v) is 5.69. The molecule has 0 aliphatic rings. The van der Waals surface area contributed by atoms with Gasteiger partial charge in [0.05, 0.1) is 23.5 Å². The number of carbonyl (C=O) groups is 2. The Morgan fingerprint density at radius 1 is 1.11 bits per heavy atom. The summed E-state index contributed by atoms with van der Waals surface area (Å²) in [6.07, 6.45) is 0.846. The van der Waals surface area contributed by atoms with Gasteiger partial charge in [-0.15, -0.1) is 0 Å². The SMILES string of the molecule is COc1cc(C=NNC(=O)CC(=O)Nc2ccccc2F)cc(Br)c1OCc1ccc(Cl)cc1Cl. The highest BCUT2D eigenvalue weighted by Gasteiger charge is 2.14. The van der Waals surface area contributed by atoms with Gasteiger partial charge in [-0.2, -0.15) is 5.10 Å². The number of para-hydroxylation sites is 1. The zero-order valence-corrected chi connectivity index (χ0v) is 21.4. The first-order chi connectivity index (χ1) is 16.8. The minimum atomic E-state index is -0.672. The molecule has 2 amide bonds. The van der Waals surface area contributed by atoms with Crippen molar-refractivity contribution in [2.45, 2.75) is 13.0 Å². The number of hydrogen-bond donors (Lipinski definition) is 2. The van der Waals surface area contributed by atoms with Crippen LogP contribution >= 0.6 is 39.1 Å². The van der Waals surface area contributed by atoms with Crippen molar-refractivity contribution in [2.75, 3.05) is 12.4 Å². The van der Waals surface area contributed by atoms with Crippen molar-refractivity contribution in [3.05, 3.63) is 86.1 Å².